The maximum absolute atomic E-state index is 12.7. The lowest BCUT2D eigenvalue weighted by Gasteiger charge is -2.27. The zero-order valence-corrected chi connectivity index (χ0v) is 18.0. The average molecular weight is 449 g/mol. The lowest BCUT2D eigenvalue weighted by atomic mass is 9.76. The number of hydrogen-bond acceptors (Lipinski definition) is 5. The van der Waals surface area contributed by atoms with Gasteiger partial charge in [-0.25, -0.2) is 0 Å². The van der Waals surface area contributed by atoms with Crippen molar-refractivity contribution < 1.29 is 29.0 Å². The van der Waals surface area contributed by atoms with Gasteiger partial charge in [-0.1, -0.05) is 29.8 Å². The van der Waals surface area contributed by atoms with Crippen LogP contribution in [0.3, 0.4) is 0 Å². The molecular weight excluding hydrogens is 426 g/mol. The van der Waals surface area contributed by atoms with Crippen molar-refractivity contribution in [2.75, 3.05) is 5.32 Å². The van der Waals surface area contributed by atoms with Gasteiger partial charge in [0, 0.05) is 16.8 Å². The lowest BCUT2D eigenvalue weighted by molar-refractivity contribution is -0.147. The van der Waals surface area contributed by atoms with Crippen LogP contribution in [0.5, 0.6) is 0 Å². The Balaban J connectivity index is 1.35. The number of hydrogen-bond donors (Lipinski definition) is 4. The summed E-state index contributed by atoms with van der Waals surface area (Å²) in [6, 6.07) is 13.3. The molecule has 2 aromatic carbocycles. The molecule has 0 unspecified atom stereocenters. The number of hydrazine groups is 1. The van der Waals surface area contributed by atoms with Crippen LogP contribution in [0, 0.1) is 18.8 Å². The molecule has 0 aromatic heterocycles. The second kappa shape index (κ2) is 8.51. The van der Waals surface area contributed by atoms with Crippen molar-refractivity contribution in [1.82, 2.24) is 10.9 Å². The van der Waals surface area contributed by atoms with E-state index in [2.05, 4.69) is 16.2 Å². The van der Waals surface area contributed by atoms with E-state index in [0.717, 1.165) is 5.56 Å². The van der Waals surface area contributed by atoms with Crippen LogP contribution in [0.25, 0.3) is 0 Å². The number of anilines is 1. The molecule has 0 radical (unpaired) electrons. The van der Waals surface area contributed by atoms with E-state index < -0.39 is 41.3 Å². The van der Waals surface area contributed by atoms with E-state index in [-0.39, 0.29) is 11.5 Å². The monoisotopic (exact) mass is 449 g/mol. The summed E-state index contributed by atoms with van der Waals surface area (Å²) in [5, 5.41) is 12.2. The fourth-order valence-electron chi connectivity index (χ4n) is 4.24. The highest BCUT2D eigenvalue weighted by atomic mass is 16.5. The molecule has 2 aliphatic rings. The van der Waals surface area contributed by atoms with Crippen molar-refractivity contribution in [3.63, 3.8) is 0 Å². The maximum atomic E-state index is 12.7. The molecule has 2 bridgehead atoms. The topological polar surface area (TPSA) is 134 Å². The number of carbonyl (C=O) groups is 4. The predicted octanol–water partition coefficient (Wildman–Crippen LogP) is 2.05. The molecule has 4 rings (SSSR count). The number of fused-ring (bicyclic) bond motifs is 2. The molecule has 0 saturated carbocycles. The third-order valence-electron chi connectivity index (χ3n) is 5.89. The minimum absolute atomic E-state index is 0.244. The minimum Gasteiger partial charge on any atom is -0.481 e. The summed E-state index contributed by atoms with van der Waals surface area (Å²) in [5.74, 6) is -4.66. The Morgan fingerprint density at radius 1 is 0.970 bits per heavy atom. The number of benzene rings is 2. The SMILES string of the molecule is Cc1cccc(C(=O)Nc2ccc(C(=O)NNC(=O)[C@@H]3[C@@H](C(=O)O)[C@H]4C=C[C@@]3(C)O4)cc2)c1. The van der Waals surface area contributed by atoms with Crippen LogP contribution in [-0.2, 0) is 14.3 Å². The molecule has 1 fully saturated rings. The van der Waals surface area contributed by atoms with Crippen LogP contribution in [0.4, 0.5) is 5.69 Å². The smallest absolute Gasteiger partial charge is 0.310 e. The lowest BCUT2D eigenvalue weighted by Crippen LogP contribution is -2.52. The molecule has 170 valence electrons. The van der Waals surface area contributed by atoms with Gasteiger partial charge in [0.15, 0.2) is 0 Å². The molecule has 2 heterocycles. The van der Waals surface area contributed by atoms with Crippen LogP contribution >= 0.6 is 0 Å². The molecule has 2 aliphatic heterocycles. The van der Waals surface area contributed by atoms with Crippen molar-refractivity contribution in [2.24, 2.45) is 11.8 Å². The van der Waals surface area contributed by atoms with Gasteiger partial charge in [-0.05, 0) is 50.2 Å². The first-order valence-electron chi connectivity index (χ1n) is 10.4. The van der Waals surface area contributed by atoms with Crippen molar-refractivity contribution in [3.8, 4) is 0 Å². The van der Waals surface area contributed by atoms with Gasteiger partial charge in [0.25, 0.3) is 11.8 Å². The van der Waals surface area contributed by atoms with E-state index in [0.29, 0.717) is 11.3 Å². The molecule has 33 heavy (non-hydrogen) atoms. The van der Waals surface area contributed by atoms with Gasteiger partial charge < -0.3 is 15.2 Å². The van der Waals surface area contributed by atoms with E-state index in [4.69, 9.17) is 4.74 Å². The van der Waals surface area contributed by atoms with E-state index in [1.807, 2.05) is 13.0 Å². The van der Waals surface area contributed by atoms with Gasteiger partial charge in [0.2, 0.25) is 5.91 Å². The van der Waals surface area contributed by atoms with E-state index in [9.17, 15) is 24.3 Å². The molecule has 9 heteroatoms. The summed E-state index contributed by atoms with van der Waals surface area (Å²) in [7, 11) is 0. The molecular formula is C24H23N3O6. The van der Waals surface area contributed by atoms with Crippen LogP contribution in [0.15, 0.2) is 60.7 Å². The van der Waals surface area contributed by atoms with E-state index in [1.165, 1.54) is 12.1 Å². The Morgan fingerprint density at radius 3 is 2.36 bits per heavy atom. The summed E-state index contributed by atoms with van der Waals surface area (Å²) < 4.78 is 5.64. The standard InChI is InChI=1S/C24H23N3O6/c1-13-4-3-5-15(12-13)20(28)25-16-8-6-14(7-9-16)21(29)26-27-22(30)19-18(23(31)32)17-10-11-24(19,2)33-17/h3-12,17-19H,1-2H3,(H,25,28)(H,26,29)(H,27,30)(H,31,32)/t17-,18+,19+,24-/m1/s1. The average Bonchev–Trinajstić information content (AvgIpc) is 3.31. The number of carbonyl (C=O) groups excluding carboxylic acids is 3. The number of rotatable bonds is 5. The fraction of sp³-hybridized carbons (Fsp3) is 0.250. The van der Waals surface area contributed by atoms with Crippen LogP contribution in [-0.4, -0.2) is 40.5 Å². The summed E-state index contributed by atoms with van der Waals surface area (Å²) in [4.78, 5) is 49.1. The molecule has 9 nitrogen and oxygen atoms in total. The summed E-state index contributed by atoms with van der Waals surface area (Å²) >= 11 is 0. The van der Waals surface area contributed by atoms with E-state index in [1.54, 1.807) is 49.4 Å². The third kappa shape index (κ3) is 4.35. The quantitative estimate of drug-likeness (QED) is 0.408. The predicted molar refractivity (Wildman–Crippen MR) is 118 cm³/mol. The number of carboxylic acids is 1. The number of carboxylic acid groups (broad SMARTS) is 1. The van der Waals surface area contributed by atoms with Gasteiger partial charge in [-0.15, -0.1) is 0 Å². The van der Waals surface area contributed by atoms with Crippen LogP contribution in [0.2, 0.25) is 0 Å². The minimum atomic E-state index is -1.14. The fourth-order valence-corrected chi connectivity index (χ4v) is 4.24. The van der Waals surface area contributed by atoms with Crippen molar-refractivity contribution in [2.45, 2.75) is 25.6 Å². The Labute approximate surface area is 189 Å². The maximum Gasteiger partial charge on any atom is 0.310 e. The second-order valence-corrected chi connectivity index (χ2v) is 8.31. The molecule has 4 N–H and O–H groups in total. The second-order valence-electron chi connectivity index (χ2n) is 8.31. The first-order chi connectivity index (χ1) is 15.7. The molecule has 2 aromatic rings. The Bertz CT molecular complexity index is 1160. The van der Waals surface area contributed by atoms with Gasteiger partial charge in [0.05, 0.1) is 17.6 Å². The van der Waals surface area contributed by atoms with Crippen molar-refractivity contribution >= 4 is 29.4 Å². The number of amides is 3. The van der Waals surface area contributed by atoms with Gasteiger partial charge >= 0.3 is 5.97 Å². The largest absolute Gasteiger partial charge is 0.481 e. The summed E-state index contributed by atoms with van der Waals surface area (Å²) in [6.07, 6.45) is 2.63. The zero-order valence-electron chi connectivity index (χ0n) is 18.0. The number of ether oxygens (including phenoxy) is 1. The van der Waals surface area contributed by atoms with E-state index >= 15 is 0 Å². The van der Waals surface area contributed by atoms with Gasteiger partial charge in [-0.2, -0.15) is 0 Å². The highest BCUT2D eigenvalue weighted by molar-refractivity contribution is 6.04. The third-order valence-corrected chi connectivity index (χ3v) is 5.89. The normalized spacial score (nSPS) is 24.8. The number of aryl methyl sites for hydroxylation is 1. The first-order valence-corrected chi connectivity index (χ1v) is 10.4. The van der Waals surface area contributed by atoms with Crippen molar-refractivity contribution in [3.05, 3.63) is 77.4 Å². The number of aliphatic carboxylic acids is 1. The molecule has 0 aliphatic carbocycles. The summed E-state index contributed by atoms with van der Waals surface area (Å²) in [5.41, 5.74) is 5.81. The van der Waals surface area contributed by atoms with Crippen LogP contribution < -0.4 is 16.2 Å². The van der Waals surface area contributed by atoms with Crippen molar-refractivity contribution in [1.29, 1.82) is 0 Å². The first kappa shape index (κ1) is 22.2. The van der Waals surface area contributed by atoms with Gasteiger partial charge in [0.1, 0.15) is 5.92 Å². The Kier molecular flexibility index (Phi) is 5.73. The molecule has 3 amide bonds. The Hall–Kier alpha value is -3.98. The van der Waals surface area contributed by atoms with Crippen LogP contribution in [0.1, 0.15) is 33.2 Å². The summed E-state index contributed by atoms with van der Waals surface area (Å²) in [6.45, 7) is 3.54. The molecule has 1 saturated heterocycles. The highest BCUT2D eigenvalue weighted by Crippen LogP contribution is 2.46. The molecule has 0 spiro atoms. The zero-order chi connectivity index (χ0) is 23.8. The number of nitrogens with one attached hydrogen (secondary N) is 3. The van der Waals surface area contributed by atoms with Gasteiger partial charge in [-0.3, -0.25) is 30.0 Å². The highest BCUT2D eigenvalue weighted by Gasteiger charge is 2.59. The molecule has 4 atom stereocenters. The Morgan fingerprint density at radius 2 is 1.70 bits per heavy atom.